The van der Waals surface area contributed by atoms with Crippen LogP contribution in [0, 0.1) is 0 Å². The van der Waals surface area contributed by atoms with Crippen molar-refractivity contribution in [3.63, 3.8) is 0 Å². The van der Waals surface area contributed by atoms with Crippen molar-refractivity contribution in [1.82, 2.24) is 20.2 Å². The molecule has 7 heteroatoms. The molecule has 136 valence electrons. The van der Waals surface area contributed by atoms with Crippen LogP contribution < -0.4 is 15.4 Å². The average molecular weight is 354 g/mol. The molecule has 1 aromatic heterocycles. The third-order valence-corrected chi connectivity index (χ3v) is 5.11. The van der Waals surface area contributed by atoms with Crippen LogP contribution >= 0.6 is 0 Å². The van der Waals surface area contributed by atoms with Crippen LogP contribution in [0.25, 0.3) is 0 Å². The van der Waals surface area contributed by atoms with Crippen molar-refractivity contribution in [2.75, 3.05) is 7.11 Å². The zero-order valence-corrected chi connectivity index (χ0v) is 14.7. The van der Waals surface area contributed by atoms with Crippen LogP contribution in [0.3, 0.4) is 0 Å². The number of hydrogen-bond acceptors (Lipinski definition) is 4. The lowest BCUT2D eigenvalue weighted by atomic mass is 10.1. The van der Waals surface area contributed by atoms with E-state index >= 15 is 0 Å². The Hall–Kier alpha value is -2.83. The van der Waals surface area contributed by atoms with Crippen LogP contribution in [0.2, 0.25) is 0 Å². The summed E-state index contributed by atoms with van der Waals surface area (Å²) < 4.78 is 6.93. The highest BCUT2D eigenvalue weighted by Gasteiger charge is 2.29. The molecule has 1 aliphatic carbocycles. The zero-order valence-electron chi connectivity index (χ0n) is 14.7. The molecule has 0 bridgehead atoms. The summed E-state index contributed by atoms with van der Waals surface area (Å²) in [5.74, 6) is 0.584. The number of nitrogens with one attached hydrogen (secondary N) is 2. The lowest BCUT2D eigenvalue weighted by molar-refractivity contribution is 0.0894. The Kier molecular flexibility index (Phi) is 4.36. The molecule has 0 saturated heterocycles. The van der Waals surface area contributed by atoms with Gasteiger partial charge in [0.2, 0.25) is 0 Å². The summed E-state index contributed by atoms with van der Waals surface area (Å²) in [4.78, 5) is 29.1. The standard InChI is InChI=1S/C19H22N4O3/c1-26-14-8-6-12(7-9-14)15-10-23-11-16(21-17(23)19(25)22-15)18(24)20-13-4-2-3-5-13/h6-9,11,13,15H,2-5,10H2,1H3,(H,20,24)(H,22,25). The molecule has 0 spiro atoms. The molecular weight excluding hydrogens is 332 g/mol. The summed E-state index contributed by atoms with van der Waals surface area (Å²) in [6.45, 7) is 0.539. The van der Waals surface area contributed by atoms with Crippen molar-refractivity contribution < 1.29 is 14.3 Å². The molecule has 0 radical (unpaired) electrons. The fourth-order valence-electron chi connectivity index (χ4n) is 3.67. The van der Waals surface area contributed by atoms with Crippen LogP contribution in [0.1, 0.15) is 58.4 Å². The van der Waals surface area contributed by atoms with E-state index in [0.717, 1.165) is 37.0 Å². The predicted octanol–water partition coefficient (Wildman–Crippen LogP) is 2.05. The molecule has 26 heavy (non-hydrogen) atoms. The number of rotatable bonds is 4. The van der Waals surface area contributed by atoms with Crippen molar-refractivity contribution in [3.05, 3.63) is 47.5 Å². The lowest BCUT2D eigenvalue weighted by Gasteiger charge is -2.25. The second kappa shape index (κ2) is 6.82. The largest absolute Gasteiger partial charge is 0.497 e. The second-order valence-electron chi connectivity index (χ2n) is 6.86. The van der Waals surface area contributed by atoms with Crippen molar-refractivity contribution >= 4 is 11.8 Å². The Morgan fingerprint density at radius 2 is 2.00 bits per heavy atom. The molecule has 1 unspecified atom stereocenters. The van der Waals surface area contributed by atoms with Gasteiger partial charge < -0.3 is 19.9 Å². The molecule has 1 fully saturated rings. The summed E-state index contributed by atoms with van der Waals surface area (Å²) in [7, 11) is 1.62. The van der Waals surface area contributed by atoms with E-state index < -0.39 is 0 Å². The highest BCUT2D eigenvalue weighted by atomic mass is 16.5. The van der Waals surface area contributed by atoms with Gasteiger partial charge in [0, 0.05) is 18.8 Å². The van der Waals surface area contributed by atoms with Crippen molar-refractivity contribution in [1.29, 1.82) is 0 Å². The number of carbonyl (C=O) groups excluding carboxylic acids is 2. The van der Waals surface area contributed by atoms with Gasteiger partial charge in [-0.1, -0.05) is 25.0 Å². The van der Waals surface area contributed by atoms with E-state index in [2.05, 4.69) is 15.6 Å². The van der Waals surface area contributed by atoms with E-state index in [1.165, 1.54) is 0 Å². The molecule has 2 aromatic rings. The van der Waals surface area contributed by atoms with E-state index in [-0.39, 0.29) is 29.7 Å². The topological polar surface area (TPSA) is 85.2 Å². The number of benzene rings is 1. The summed E-state index contributed by atoms with van der Waals surface area (Å²) in [6.07, 6.45) is 6.00. The van der Waals surface area contributed by atoms with Gasteiger partial charge in [0.05, 0.1) is 13.2 Å². The Balaban J connectivity index is 1.51. The summed E-state index contributed by atoms with van der Waals surface area (Å²) in [6, 6.07) is 7.65. The van der Waals surface area contributed by atoms with Gasteiger partial charge in [-0.2, -0.15) is 0 Å². The molecule has 2 amide bonds. The molecule has 1 saturated carbocycles. The number of fused-ring (bicyclic) bond motifs is 1. The normalized spacial score (nSPS) is 19.7. The van der Waals surface area contributed by atoms with E-state index in [1.807, 2.05) is 24.3 Å². The zero-order chi connectivity index (χ0) is 18.1. The summed E-state index contributed by atoms with van der Waals surface area (Å²) in [5, 5.41) is 5.97. The number of amides is 2. The van der Waals surface area contributed by atoms with Crippen LogP contribution in [-0.4, -0.2) is 34.5 Å². The molecule has 1 atom stereocenters. The molecule has 2 heterocycles. The molecule has 2 aliphatic rings. The molecule has 1 aromatic carbocycles. The minimum atomic E-state index is -0.267. The SMILES string of the molecule is COc1ccc(C2Cn3cc(C(=O)NC4CCCC4)nc3C(=O)N2)cc1. The summed E-state index contributed by atoms with van der Waals surface area (Å²) >= 11 is 0. The van der Waals surface area contributed by atoms with E-state index in [4.69, 9.17) is 4.74 Å². The number of hydrogen-bond donors (Lipinski definition) is 2. The van der Waals surface area contributed by atoms with E-state index in [9.17, 15) is 9.59 Å². The first-order chi connectivity index (χ1) is 12.6. The fraction of sp³-hybridized carbons (Fsp3) is 0.421. The van der Waals surface area contributed by atoms with E-state index in [0.29, 0.717) is 12.2 Å². The first-order valence-corrected chi connectivity index (χ1v) is 8.97. The van der Waals surface area contributed by atoms with Gasteiger partial charge in [0.15, 0.2) is 5.82 Å². The van der Waals surface area contributed by atoms with Crippen LogP contribution in [0.5, 0.6) is 5.75 Å². The van der Waals surface area contributed by atoms with Gasteiger partial charge in [-0.15, -0.1) is 0 Å². The van der Waals surface area contributed by atoms with Gasteiger partial charge in [-0.25, -0.2) is 4.98 Å². The Bertz CT molecular complexity index is 822. The smallest absolute Gasteiger partial charge is 0.287 e. The molecular formula is C19H22N4O3. The van der Waals surface area contributed by atoms with Crippen LogP contribution in [-0.2, 0) is 6.54 Å². The number of aromatic nitrogens is 2. The molecule has 7 nitrogen and oxygen atoms in total. The fourth-order valence-corrected chi connectivity index (χ4v) is 3.67. The first-order valence-electron chi connectivity index (χ1n) is 8.97. The minimum Gasteiger partial charge on any atom is -0.497 e. The Morgan fingerprint density at radius 1 is 1.27 bits per heavy atom. The molecule has 1 aliphatic heterocycles. The van der Waals surface area contributed by atoms with Gasteiger partial charge in [-0.05, 0) is 30.5 Å². The average Bonchev–Trinajstić information content (AvgIpc) is 3.31. The third kappa shape index (κ3) is 3.16. The van der Waals surface area contributed by atoms with Gasteiger partial charge >= 0.3 is 0 Å². The van der Waals surface area contributed by atoms with Gasteiger partial charge in [0.25, 0.3) is 11.8 Å². The number of imidazole rings is 1. The highest BCUT2D eigenvalue weighted by Crippen LogP contribution is 2.24. The van der Waals surface area contributed by atoms with Crippen molar-refractivity contribution in [2.24, 2.45) is 0 Å². The number of nitrogens with zero attached hydrogens (tertiary/aromatic N) is 2. The maximum Gasteiger partial charge on any atom is 0.287 e. The number of methoxy groups -OCH3 is 1. The second-order valence-corrected chi connectivity index (χ2v) is 6.86. The monoisotopic (exact) mass is 354 g/mol. The maximum atomic E-state index is 12.4. The van der Waals surface area contributed by atoms with E-state index in [1.54, 1.807) is 17.9 Å². The summed E-state index contributed by atoms with van der Waals surface area (Å²) in [5.41, 5.74) is 1.29. The Morgan fingerprint density at radius 3 is 2.69 bits per heavy atom. The third-order valence-electron chi connectivity index (χ3n) is 5.11. The number of carbonyl (C=O) groups is 2. The maximum absolute atomic E-state index is 12.4. The van der Waals surface area contributed by atoms with Gasteiger partial charge in [0.1, 0.15) is 11.4 Å². The highest BCUT2D eigenvalue weighted by molar-refractivity contribution is 5.96. The first kappa shape index (κ1) is 16.6. The lowest BCUT2D eigenvalue weighted by Crippen LogP contribution is -2.38. The number of ether oxygens (including phenoxy) is 1. The minimum absolute atomic E-state index is 0.166. The molecule has 4 rings (SSSR count). The van der Waals surface area contributed by atoms with Crippen molar-refractivity contribution in [2.45, 2.75) is 44.3 Å². The Labute approximate surface area is 151 Å². The molecule has 2 N–H and O–H groups in total. The predicted molar refractivity (Wildman–Crippen MR) is 95.2 cm³/mol. The quantitative estimate of drug-likeness (QED) is 0.880. The van der Waals surface area contributed by atoms with Gasteiger partial charge in [-0.3, -0.25) is 9.59 Å². The van der Waals surface area contributed by atoms with Crippen molar-refractivity contribution in [3.8, 4) is 5.75 Å². The van der Waals surface area contributed by atoms with Crippen LogP contribution in [0.4, 0.5) is 0 Å². The van der Waals surface area contributed by atoms with Crippen LogP contribution in [0.15, 0.2) is 30.5 Å².